The number of hydrogen-bond acceptors (Lipinski definition) is 3. The summed E-state index contributed by atoms with van der Waals surface area (Å²) in [6.45, 7) is 4.28. The van der Waals surface area contributed by atoms with Gasteiger partial charge < -0.3 is 10.1 Å². The van der Waals surface area contributed by atoms with Crippen LogP contribution in [0.4, 0.5) is 0 Å². The molecule has 0 heterocycles. The first-order chi connectivity index (χ1) is 10.1. The van der Waals surface area contributed by atoms with E-state index in [4.69, 9.17) is 4.74 Å². The Kier molecular flexibility index (Phi) is 5.71. The number of rotatable bonds is 6. The van der Waals surface area contributed by atoms with Crippen LogP contribution in [0.3, 0.4) is 0 Å². The van der Waals surface area contributed by atoms with E-state index in [-0.39, 0.29) is 0 Å². The Morgan fingerprint density at radius 3 is 2.48 bits per heavy atom. The van der Waals surface area contributed by atoms with E-state index in [2.05, 4.69) is 61.6 Å². The molecule has 0 spiro atoms. The lowest BCUT2D eigenvalue weighted by Gasteiger charge is -2.15. The minimum atomic E-state index is 0.346. The second kappa shape index (κ2) is 7.53. The van der Waals surface area contributed by atoms with E-state index in [0.717, 1.165) is 11.5 Å². The minimum Gasteiger partial charge on any atom is -0.496 e. The number of benzene rings is 2. The van der Waals surface area contributed by atoms with Crippen LogP contribution in [0.1, 0.15) is 29.7 Å². The summed E-state index contributed by atoms with van der Waals surface area (Å²) in [6.07, 6.45) is 0. The van der Waals surface area contributed by atoms with E-state index in [1.807, 2.05) is 18.8 Å². The minimum absolute atomic E-state index is 0.346. The first kappa shape index (κ1) is 15.9. The highest BCUT2D eigenvalue weighted by Gasteiger charge is 2.09. The molecule has 0 aliphatic rings. The molecule has 2 rings (SSSR count). The number of thioether (sulfide) groups is 1. The zero-order valence-electron chi connectivity index (χ0n) is 13.1. The molecular weight excluding hydrogens is 278 g/mol. The lowest BCUT2D eigenvalue weighted by molar-refractivity contribution is 0.411. The van der Waals surface area contributed by atoms with Crippen LogP contribution in [0.15, 0.2) is 47.4 Å². The maximum absolute atomic E-state index is 5.49. The van der Waals surface area contributed by atoms with Crippen molar-refractivity contribution < 1.29 is 4.74 Å². The Morgan fingerprint density at radius 1 is 1.14 bits per heavy atom. The predicted octanol–water partition coefficient (Wildman–Crippen LogP) is 4.58. The molecule has 0 aliphatic carbocycles. The van der Waals surface area contributed by atoms with Crippen molar-refractivity contribution in [2.75, 3.05) is 14.2 Å². The zero-order valence-corrected chi connectivity index (χ0v) is 14.0. The van der Waals surface area contributed by atoms with Crippen molar-refractivity contribution in [1.29, 1.82) is 0 Å². The number of hydrogen-bond donors (Lipinski definition) is 1. The second-order valence-corrected chi connectivity index (χ2v) is 6.23. The van der Waals surface area contributed by atoms with Crippen LogP contribution in [-0.4, -0.2) is 14.2 Å². The lowest BCUT2D eigenvalue weighted by atomic mass is 10.1. The average Bonchev–Trinajstić information content (AvgIpc) is 2.53. The van der Waals surface area contributed by atoms with Gasteiger partial charge in [0.05, 0.1) is 7.11 Å². The monoisotopic (exact) mass is 301 g/mol. The summed E-state index contributed by atoms with van der Waals surface area (Å²) >= 11 is 1.84. The van der Waals surface area contributed by atoms with Crippen LogP contribution < -0.4 is 10.1 Å². The van der Waals surface area contributed by atoms with E-state index in [0.29, 0.717) is 6.04 Å². The van der Waals surface area contributed by atoms with Crippen LogP contribution in [0, 0.1) is 6.92 Å². The number of aryl methyl sites for hydroxylation is 1. The maximum atomic E-state index is 5.49. The van der Waals surface area contributed by atoms with Crippen molar-refractivity contribution >= 4 is 11.8 Å². The summed E-state index contributed by atoms with van der Waals surface area (Å²) in [4.78, 5) is 1.29. The van der Waals surface area contributed by atoms with E-state index >= 15 is 0 Å². The highest BCUT2D eigenvalue weighted by molar-refractivity contribution is 7.98. The summed E-state index contributed by atoms with van der Waals surface area (Å²) in [7, 11) is 3.71. The van der Waals surface area contributed by atoms with Gasteiger partial charge in [-0.25, -0.2) is 0 Å². The summed E-state index contributed by atoms with van der Waals surface area (Å²) in [5, 5.41) is 3.28. The van der Waals surface area contributed by atoms with Crippen molar-refractivity contribution in [2.45, 2.75) is 30.5 Å². The van der Waals surface area contributed by atoms with E-state index in [1.165, 1.54) is 21.6 Å². The fourth-order valence-electron chi connectivity index (χ4n) is 2.14. The Morgan fingerprint density at radius 2 is 1.86 bits per heavy atom. The molecule has 0 radical (unpaired) electrons. The van der Waals surface area contributed by atoms with Gasteiger partial charge in [-0.15, -0.1) is 11.8 Å². The summed E-state index contributed by atoms with van der Waals surface area (Å²) in [6, 6.07) is 15.4. The van der Waals surface area contributed by atoms with Gasteiger partial charge in [0.1, 0.15) is 5.75 Å². The predicted molar refractivity (Wildman–Crippen MR) is 91.2 cm³/mol. The van der Waals surface area contributed by atoms with Gasteiger partial charge in [-0.2, -0.15) is 0 Å². The molecule has 2 aromatic carbocycles. The van der Waals surface area contributed by atoms with Gasteiger partial charge in [0.2, 0.25) is 0 Å². The van der Waals surface area contributed by atoms with Gasteiger partial charge >= 0.3 is 0 Å². The van der Waals surface area contributed by atoms with Crippen LogP contribution in [0.25, 0.3) is 0 Å². The summed E-state index contributed by atoms with van der Waals surface area (Å²) in [5.74, 6) is 1.87. The SMILES string of the molecule is CNC(C)c1ccc(OC)c(CSc2ccc(C)cc2)c1. The average molecular weight is 301 g/mol. The normalized spacial score (nSPS) is 12.2. The molecule has 112 valence electrons. The third-order valence-electron chi connectivity index (χ3n) is 3.65. The smallest absolute Gasteiger partial charge is 0.122 e. The van der Waals surface area contributed by atoms with E-state index in [1.54, 1.807) is 7.11 Å². The third-order valence-corrected chi connectivity index (χ3v) is 4.71. The number of methoxy groups -OCH3 is 1. The molecule has 0 bridgehead atoms. The van der Waals surface area contributed by atoms with Crippen LogP contribution in [0.5, 0.6) is 5.75 Å². The van der Waals surface area contributed by atoms with E-state index < -0.39 is 0 Å². The quantitative estimate of drug-likeness (QED) is 0.789. The summed E-state index contributed by atoms with van der Waals surface area (Å²) in [5.41, 5.74) is 3.82. The highest BCUT2D eigenvalue weighted by Crippen LogP contribution is 2.30. The van der Waals surface area contributed by atoms with Gasteiger partial charge in [0.15, 0.2) is 0 Å². The number of nitrogens with one attached hydrogen (secondary N) is 1. The van der Waals surface area contributed by atoms with Gasteiger partial charge in [0, 0.05) is 22.3 Å². The van der Waals surface area contributed by atoms with Crippen molar-refractivity contribution in [3.05, 3.63) is 59.2 Å². The molecule has 0 saturated heterocycles. The topological polar surface area (TPSA) is 21.3 Å². The molecule has 0 saturated carbocycles. The third kappa shape index (κ3) is 4.26. The van der Waals surface area contributed by atoms with Gasteiger partial charge in [-0.1, -0.05) is 23.8 Å². The van der Waals surface area contributed by atoms with Crippen molar-refractivity contribution in [1.82, 2.24) is 5.32 Å². The highest BCUT2D eigenvalue weighted by atomic mass is 32.2. The fourth-order valence-corrected chi connectivity index (χ4v) is 3.02. The van der Waals surface area contributed by atoms with Crippen LogP contribution >= 0.6 is 11.8 Å². The van der Waals surface area contributed by atoms with Crippen molar-refractivity contribution in [2.24, 2.45) is 0 Å². The molecule has 3 heteroatoms. The molecule has 0 aromatic heterocycles. The first-order valence-electron chi connectivity index (χ1n) is 7.17. The Bertz CT molecular complexity index is 580. The molecule has 1 atom stereocenters. The van der Waals surface area contributed by atoms with Gasteiger partial charge in [-0.3, -0.25) is 0 Å². The lowest BCUT2D eigenvalue weighted by Crippen LogP contribution is -2.12. The zero-order chi connectivity index (χ0) is 15.2. The Labute approximate surface area is 131 Å². The van der Waals surface area contributed by atoms with Gasteiger partial charge in [0.25, 0.3) is 0 Å². The van der Waals surface area contributed by atoms with Crippen molar-refractivity contribution in [3.8, 4) is 5.75 Å². The molecule has 2 aromatic rings. The van der Waals surface area contributed by atoms with Gasteiger partial charge in [-0.05, 0) is 50.7 Å². The largest absolute Gasteiger partial charge is 0.496 e. The standard InChI is InChI=1S/C18H23NOS/c1-13-5-8-17(9-6-13)21-12-16-11-15(14(2)19-3)7-10-18(16)20-4/h5-11,14,19H,12H2,1-4H3. The molecule has 2 nitrogen and oxygen atoms in total. The molecule has 0 amide bonds. The Hall–Kier alpha value is -1.45. The molecular formula is C18H23NOS. The molecule has 1 N–H and O–H groups in total. The first-order valence-corrected chi connectivity index (χ1v) is 8.16. The van der Waals surface area contributed by atoms with E-state index in [9.17, 15) is 0 Å². The second-order valence-electron chi connectivity index (χ2n) is 5.18. The van der Waals surface area contributed by atoms with Crippen molar-refractivity contribution in [3.63, 3.8) is 0 Å². The molecule has 1 unspecified atom stereocenters. The summed E-state index contributed by atoms with van der Waals surface area (Å²) < 4.78 is 5.49. The fraction of sp³-hybridized carbons (Fsp3) is 0.333. The Balaban J connectivity index is 2.15. The maximum Gasteiger partial charge on any atom is 0.122 e. The van der Waals surface area contributed by atoms with Crippen LogP contribution in [0.2, 0.25) is 0 Å². The molecule has 0 aliphatic heterocycles. The molecule has 0 fully saturated rings. The van der Waals surface area contributed by atoms with Crippen LogP contribution in [-0.2, 0) is 5.75 Å². The molecule has 21 heavy (non-hydrogen) atoms. The number of ether oxygens (including phenoxy) is 1.